The molecule has 1 aliphatic rings. The molecule has 1 amide bonds. The number of nitrogens with zero attached hydrogens (tertiary/aromatic N) is 2. The van der Waals surface area contributed by atoms with Crippen molar-refractivity contribution in [1.82, 2.24) is 9.97 Å². The van der Waals surface area contributed by atoms with Crippen LogP contribution in [0.4, 0.5) is 5.13 Å². The summed E-state index contributed by atoms with van der Waals surface area (Å²) in [4.78, 5) is 20.1. The van der Waals surface area contributed by atoms with Crippen molar-refractivity contribution in [1.29, 1.82) is 0 Å². The number of amides is 1. The van der Waals surface area contributed by atoms with E-state index < -0.39 is 0 Å². The average Bonchev–Trinajstić information content (AvgIpc) is 3.13. The molecule has 3 heterocycles. The molecule has 1 N–H and O–H groups in total. The number of nitrogens with one attached hydrogen (secondary N) is 1. The van der Waals surface area contributed by atoms with E-state index in [1.165, 1.54) is 17.5 Å². The van der Waals surface area contributed by atoms with Gasteiger partial charge in [-0.15, -0.1) is 11.3 Å². The van der Waals surface area contributed by atoms with Crippen LogP contribution in [0.2, 0.25) is 0 Å². The van der Waals surface area contributed by atoms with E-state index >= 15 is 0 Å². The molecule has 1 fully saturated rings. The topological polar surface area (TPSA) is 64.1 Å². The largest absolute Gasteiger partial charge is 0.473 e. The number of thioether (sulfide) groups is 1. The quantitative estimate of drug-likeness (QED) is 0.941. The molecule has 0 aliphatic carbocycles. The van der Waals surface area contributed by atoms with E-state index in [9.17, 15) is 4.79 Å². The van der Waals surface area contributed by atoms with E-state index in [0.29, 0.717) is 16.6 Å². The third-order valence-corrected chi connectivity index (χ3v) is 4.65. The summed E-state index contributed by atoms with van der Waals surface area (Å²) in [5.41, 5.74) is 0.494. The van der Waals surface area contributed by atoms with Crippen LogP contribution in [0, 0.1) is 0 Å². The fraction of sp³-hybridized carbons (Fsp3) is 0.308. The molecule has 0 unspecified atom stereocenters. The molecule has 1 saturated heterocycles. The van der Waals surface area contributed by atoms with Crippen molar-refractivity contribution in [2.75, 3.05) is 16.8 Å². The first-order valence-electron chi connectivity index (χ1n) is 6.22. The summed E-state index contributed by atoms with van der Waals surface area (Å²) in [5.74, 6) is 2.51. The molecular weight excluding hydrogens is 294 g/mol. The van der Waals surface area contributed by atoms with Gasteiger partial charge in [0.05, 0.1) is 5.56 Å². The highest BCUT2D eigenvalue weighted by Crippen LogP contribution is 2.22. The van der Waals surface area contributed by atoms with Gasteiger partial charge in [0.1, 0.15) is 6.10 Å². The minimum Gasteiger partial charge on any atom is -0.473 e. The van der Waals surface area contributed by atoms with Crippen molar-refractivity contribution in [3.05, 3.63) is 35.5 Å². The lowest BCUT2D eigenvalue weighted by molar-refractivity contribution is 0.102. The van der Waals surface area contributed by atoms with Gasteiger partial charge in [0.25, 0.3) is 5.91 Å². The highest BCUT2D eigenvalue weighted by Gasteiger charge is 2.17. The predicted molar refractivity (Wildman–Crippen MR) is 80.7 cm³/mol. The molecule has 2 aromatic heterocycles. The number of hydrogen-bond acceptors (Lipinski definition) is 6. The third kappa shape index (κ3) is 3.29. The summed E-state index contributed by atoms with van der Waals surface area (Å²) in [6, 6.07) is 3.45. The van der Waals surface area contributed by atoms with Crippen LogP contribution in [-0.2, 0) is 0 Å². The second kappa shape index (κ2) is 6.23. The van der Waals surface area contributed by atoms with Crippen LogP contribution in [0.25, 0.3) is 0 Å². The Morgan fingerprint density at radius 1 is 1.40 bits per heavy atom. The average molecular weight is 307 g/mol. The van der Waals surface area contributed by atoms with E-state index in [2.05, 4.69) is 15.3 Å². The van der Waals surface area contributed by atoms with Gasteiger partial charge in [-0.2, -0.15) is 11.8 Å². The van der Waals surface area contributed by atoms with E-state index in [1.54, 1.807) is 18.3 Å². The Balaban J connectivity index is 1.61. The Kier molecular flexibility index (Phi) is 4.17. The van der Waals surface area contributed by atoms with E-state index in [4.69, 9.17) is 4.74 Å². The second-order valence-electron chi connectivity index (χ2n) is 4.28. The third-order valence-electron chi connectivity index (χ3n) is 2.83. The molecule has 20 heavy (non-hydrogen) atoms. The maximum Gasteiger partial charge on any atom is 0.259 e. The van der Waals surface area contributed by atoms with Gasteiger partial charge in [0, 0.05) is 29.6 Å². The zero-order valence-corrected chi connectivity index (χ0v) is 12.2. The Hall–Kier alpha value is -1.60. The molecule has 0 radical (unpaired) electrons. The van der Waals surface area contributed by atoms with Crippen LogP contribution >= 0.6 is 23.1 Å². The van der Waals surface area contributed by atoms with Gasteiger partial charge < -0.3 is 4.74 Å². The fourth-order valence-electron chi connectivity index (χ4n) is 1.82. The SMILES string of the molecule is O=C(Nc1nccs1)c1ccc(O[C@H]2CCSC2)nc1. The minimum atomic E-state index is -0.213. The van der Waals surface area contributed by atoms with Crippen LogP contribution in [0.1, 0.15) is 16.8 Å². The lowest BCUT2D eigenvalue weighted by Gasteiger charge is -2.11. The van der Waals surface area contributed by atoms with Gasteiger partial charge in [-0.05, 0) is 18.2 Å². The maximum atomic E-state index is 11.9. The first-order valence-corrected chi connectivity index (χ1v) is 8.26. The molecule has 1 aliphatic heterocycles. The van der Waals surface area contributed by atoms with Crippen LogP contribution in [0.3, 0.4) is 0 Å². The number of carbonyl (C=O) groups excluding carboxylic acids is 1. The number of ether oxygens (including phenoxy) is 1. The summed E-state index contributed by atoms with van der Waals surface area (Å²) in [7, 11) is 0. The van der Waals surface area contributed by atoms with Crippen molar-refractivity contribution < 1.29 is 9.53 Å². The Bertz CT molecular complexity index is 566. The van der Waals surface area contributed by atoms with Gasteiger partial charge in [0.15, 0.2) is 5.13 Å². The first kappa shape index (κ1) is 13.4. The van der Waals surface area contributed by atoms with Gasteiger partial charge >= 0.3 is 0 Å². The first-order chi connectivity index (χ1) is 9.81. The Morgan fingerprint density at radius 3 is 3.00 bits per heavy atom. The summed E-state index contributed by atoms with van der Waals surface area (Å²) in [6.07, 6.45) is 4.47. The molecule has 0 aromatic carbocycles. The smallest absolute Gasteiger partial charge is 0.259 e. The van der Waals surface area contributed by atoms with Crippen molar-refractivity contribution in [2.45, 2.75) is 12.5 Å². The molecule has 1 atom stereocenters. The van der Waals surface area contributed by atoms with Gasteiger partial charge in [-0.3, -0.25) is 10.1 Å². The van der Waals surface area contributed by atoms with Crippen molar-refractivity contribution >= 4 is 34.1 Å². The number of carbonyl (C=O) groups is 1. The lowest BCUT2D eigenvalue weighted by Crippen LogP contribution is -2.16. The number of rotatable bonds is 4. The molecule has 7 heteroatoms. The van der Waals surface area contributed by atoms with E-state index in [1.807, 2.05) is 17.1 Å². The van der Waals surface area contributed by atoms with Gasteiger partial charge in [-0.1, -0.05) is 0 Å². The Morgan fingerprint density at radius 2 is 2.35 bits per heavy atom. The highest BCUT2D eigenvalue weighted by atomic mass is 32.2. The number of anilines is 1. The molecule has 3 rings (SSSR count). The standard InChI is InChI=1S/C13H13N3O2S2/c17-12(16-13-14-4-6-20-13)9-1-2-11(15-7-9)18-10-3-5-19-8-10/h1-2,4,6-7,10H,3,5,8H2,(H,14,16,17)/t10-/m0/s1. The van der Waals surface area contributed by atoms with Crippen molar-refractivity contribution in [3.63, 3.8) is 0 Å². The summed E-state index contributed by atoms with van der Waals surface area (Å²) in [6.45, 7) is 0. The number of hydrogen-bond donors (Lipinski definition) is 1. The van der Waals surface area contributed by atoms with Crippen LogP contribution < -0.4 is 10.1 Å². The zero-order valence-electron chi connectivity index (χ0n) is 10.6. The van der Waals surface area contributed by atoms with Crippen molar-refractivity contribution in [2.24, 2.45) is 0 Å². The van der Waals surface area contributed by atoms with Gasteiger partial charge in [0.2, 0.25) is 5.88 Å². The highest BCUT2D eigenvalue weighted by molar-refractivity contribution is 7.99. The predicted octanol–water partition coefficient (Wildman–Crippen LogP) is 2.67. The molecule has 0 spiro atoms. The lowest BCUT2D eigenvalue weighted by atomic mass is 10.2. The van der Waals surface area contributed by atoms with E-state index in [0.717, 1.165) is 17.9 Å². The molecule has 5 nitrogen and oxygen atoms in total. The number of thiazole rings is 1. The minimum absolute atomic E-state index is 0.213. The number of aromatic nitrogens is 2. The zero-order chi connectivity index (χ0) is 13.8. The molecule has 0 bridgehead atoms. The van der Waals surface area contributed by atoms with Crippen LogP contribution in [-0.4, -0.2) is 33.5 Å². The van der Waals surface area contributed by atoms with Crippen molar-refractivity contribution in [3.8, 4) is 5.88 Å². The molecule has 0 saturated carbocycles. The Labute approximate surface area is 124 Å². The monoisotopic (exact) mass is 307 g/mol. The summed E-state index contributed by atoms with van der Waals surface area (Å²) >= 11 is 3.27. The maximum absolute atomic E-state index is 11.9. The normalized spacial score (nSPS) is 17.9. The van der Waals surface area contributed by atoms with Crippen LogP contribution in [0.5, 0.6) is 5.88 Å². The summed E-state index contributed by atoms with van der Waals surface area (Å²) in [5, 5.41) is 5.11. The second-order valence-corrected chi connectivity index (χ2v) is 6.32. The summed E-state index contributed by atoms with van der Waals surface area (Å²) < 4.78 is 5.74. The molecule has 104 valence electrons. The van der Waals surface area contributed by atoms with Gasteiger partial charge in [-0.25, -0.2) is 9.97 Å². The molecule has 2 aromatic rings. The van der Waals surface area contributed by atoms with Crippen LogP contribution in [0.15, 0.2) is 29.9 Å². The fourth-order valence-corrected chi connectivity index (χ4v) is 3.43. The number of pyridine rings is 1. The van der Waals surface area contributed by atoms with E-state index in [-0.39, 0.29) is 12.0 Å². The molecular formula is C13H13N3O2S2.